The van der Waals surface area contributed by atoms with Crippen LogP contribution in [0, 0.1) is 11.6 Å². The molecule has 0 aromatic heterocycles. The van der Waals surface area contributed by atoms with Crippen molar-refractivity contribution in [1.29, 1.82) is 0 Å². The molecule has 68 heavy (non-hydrogen) atoms. The van der Waals surface area contributed by atoms with E-state index in [4.69, 9.17) is 0 Å². The number of halogens is 2. The summed E-state index contributed by atoms with van der Waals surface area (Å²) in [5.74, 6) is -0.510. The summed E-state index contributed by atoms with van der Waals surface area (Å²) < 4.78 is 31.0. The minimum Gasteiger partial charge on any atom is -0.313 e. The molecule has 0 bridgehead atoms. The second-order valence-electron chi connectivity index (χ2n) is 17.8. The van der Waals surface area contributed by atoms with Gasteiger partial charge in [0.05, 0.1) is 11.4 Å². The van der Waals surface area contributed by atoms with Gasteiger partial charge in [-0.2, -0.15) is 0 Å². The first-order chi connectivity index (χ1) is 33.5. The molecule has 0 fully saturated rings. The van der Waals surface area contributed by atoms with Crippen LogP contribution in [-0.4, -0.2) is 0 Å². The summed E-state index contributed by atoms with van der Waals surface area (Å²) >= 11 is 0. The van der Waals surface area contributed by atoms with Crippen molar-refractivity contribution in [3.8, 4) is 11.1 Å². The maximum absolute atomic E-state index is 15.5. The Hall–Kier alpha value is -8.34. The van der Waals surface area contributed by atoms with Gasteiger partial charge in [-0.05, 0) is 153 Å². The number of allylic oxidation sites excluding steroid dienone is 8. The smallest absolute Gasteiger partial charge is 0.125 e. The van der Waals surface area contributed by atoms with E-state index in [1.807, 2.05) is 24.3 Å². The summed E-state index contributed by atoms with van der Waals surface area (Å²) in [7, 11) is 0. The first kappa shape index (κ1) is 41.1. The zero-order valence-electron chi connectivity index (χ0n) is 37.4. The molecular formula is C64H46F2N2. The number of benzene rings is 10. The van der Waals surface area contributed by atoms with Crippen LogP contribution in [0.4, 0.5) is 37.2 Å². The predicted molar refractivity (Wildman–Crippen MR) is 281 cm³/mol. The lowest BCUT2D eigenvalue weighted by atomic mass is 9.85. The Labute approximate surface area is 395 Å². The van der Waals surface area contributed by atoms with Gasteiger partial charge in [-0.3, -0.25) is 0 Å². The zero-order valence-corrected chi connectivity index (χ0v) is 37.4. The largest absolute Gasteiger partial charge is 0.313 e. The van der Waals surface area contributed by atoms with Crippen molar-refractivity contribution in [3.63, 3.8) is 0 Å². The van der Waals surface area contributed by atoms with Gasteiger partial charge in [-0.25, -0.2) is 8.78 Å². The fourth-order valence-corrected chi connectivity index (χ4v) is 10.5. The fraction of sp³-hybridized carbons (Fsp3) is 0.0625. The third-order valence-electron chi connectivity index (χ3n) is 13.6. The highest BCUT2D eigenvalue weighted by molar-refractivity contribution is 6.28. The number of hydrogen-bond acceptors (Lipinski definition) is 2. The molecule has 10 aromatic rings. The van der Waals surface area contributed by atoms with Crippen molar-refractivity contribution < 1.29 is 8.78 Å². The Kier molecular flexibility index (Phi) is 10.6. The molecule has 0 radical (unpaired) electrons. The molecule has 2 aliphatic rings. The lowest BCUT2D eigenvalue weighted by molar-refractivity contribution is 0.627. The van der Waals surface area contributed by atoms with E-state index in [1.54, 1.807) is 24.3 Å². The Balaban J connectivity index is 1.08. The SMILES string of the molecule is Fc1cccc(N(C2=CC(c3ccccc3)=CC(c3ccccc3)C2)c2ccc3ccc4c(N(c5cccc(F)c5)c5cc(C6=CCCC=C6)cc(-c6ccccc6)c5)ccc5ccc2c3c54)c1. The summed E-state index contributed by atoms with van der Waals surface area (Å²) in [5.41, 5.74) is 13.3. The van der Waals surface area contributed by atoms with Crippen LogP contribution in [0.1, 0.15) is 41.9 Å². The highest BCUT2D eigenvalue weighted by atomic mass is 19.1. The van der Waals surface area contributed by atoms with Crippen molar-refractivity contribution in [2.75, 3.05) is 9.80 Å². The molecule has 0 aliphatic heterocycles. The molecule has 4 heteroatoms. The van der Waals surface area contributed by atoms with Crippen LogP contribution in [-0.2, 0) is 0 Å². The first-order valence-electron chi connectivity index (χ1n) is 23.4. The van der Waals surface area contributed by atoms with Gasteiger partial charge in [0.1, 0.15) is 11.6 Å². The Morgan fingerprint density at radius 3 is 1.62 bits per heavy atom. The van der Waals surface area contributed by atoms with Crippen molar-refractivity contribution in [1.82, 2.24) is 0 Å². The van der Waals surface area contributed by atoms with E-state index in [9.17, 15) is 0 Å². The molecule has 0 amide bonds. The third kappa shape index (κ3) is 7.64. The number of hydrogen-bond donors (Lipinski definition) is 0. The molecule has 0 saturated heterocycles. The molecule has 326 valence electrons. The van der Waals surface area contributed by atoms with Crippen LogP contribution < -0.4 is 9.80 Å². The van der Waals surface area contributed by atoms with Crippen LogP contribution in [0.15, 0.2) is 242 Å². The van der Waals surface area contributed by atoms with Crippen molar-refractivity contribution in [2.45, 2.75) is 25.2 Å². The minimum atomic E-state index is -0.304. The number of nitrogens with zero attached hydrogens (tertiary/aromatic N) is 2. The molecule has 0 N–H and O–H groups in total. The van der Waals surface area contributed by atoms with Gasteiger partial charge in [-0.15, -0.1) is 0 Å². The quantitative estimate of drug-likeness (QED) is 0.126. The second kappa shape index (κ2) is 17.5. The van der Waals surface area contributed by atoms with E-state index >= 15 is 8.78 Å². The normalized spacial score (nSPS) is 14.8. The molecule has 2 nitrogen and oxygen atoms in total. The molecule has 2 aliphatic carbocycles. The Morgan fingerprint density at radius 2 is 1.00 bits per heavy atom. The van der Waals surface area contributed by atoms with E-state index in [0.29, 0.717) is 6.42 Å². The third-order valence-corrected chi connectivity index (χ3v) is 13.6. The summed E-state index contributed by atoms with van der Waals surface area (Å²) in [6, 6.07) is 69.9. The summed E-state index contributed by atoms with van der Waals surface area (Å²) in [6.45, 7) is 0. The molecule has 10 aromatic carbocycles. The predicted octanol–water partition coefficient (Wildman–Crippen LogP) is 18.0. The van der Waals surface area contributed by atoms with Crippen LogP contribution in [0.25, 0.3) is 54.6 Å². The van der Waals surface area contributed by atoms with E-state index < -0.39 is 0 Å². The molecule has 0 saturated carbocycles. The van der Waals surface area contributed by atoms with Gasteiger partial charge in [-0.1, -0.05) is 164 Å². The topological polar surface area (TPSA) is 6.48 Å². The molecular weight excluding hydrogens is 835 g/mol. The zero-order chi connectivity index (χ0) is 45.6. The standard InChI is InChI=1S/C64H46F2N2/c65-53-23-13-25-55(41-53)67(57-37-49(43-15-5-1-6-16-43)35-50(38-57)44-17-7-2-8-18-44)61-33-29-47-28-32-60-62(34-30-48-27-31-59(61)63(47)64(48)60)68(56-26-14-24-54(66)42-56)58-39-51(45-19-9-3-10-20-45)36-52(40-58)46-21-11-4-12-22-46/h1-3,5-11,13-37,39-42,50H,4,12,38H2. The molecule has 12 rings (SSSR count). The maximum Gasteiger partial charge on any atom is 0.125 e. The summed E-state index contributed by atoms with van der Waals surface area (Å²) in [5, 5.41) is 6.52. The van der Waals surface area contributed by atoms with Gasteiger partial charge in [0.15, 0.2) is 0 Å². The van der Waals surface area contributed by atoms with Gasteiger partial charge in [0.25, 0.3) is 0 Å². The van der Waals surface area contributed by atoms with Crippen LogP contribution >= 0.6 is 0 Å². The fourth-order valence-electron chi connectivity index (χ4n) is 10.5. The number of anilines is 5. The van der Waals surface area contributed by atoms with Crippen molar-refractivity contribution >= 4 is 71.9 Å². The molecule has 0 spiro atoms. The lowest BCUT2D eigenvalue weighted by Crippen LogP contribution is -2.21. The van der Waals surface area contributed by atoms with Crippen molar-refractivity contribution in [3.05, 3.63) is 271 Å². The maximum atomic E-state index is 15.5. The Morgan fingerprint density at radius 1 is 0.426 bits per heavy atom. The van der Waals surface area contributed by atoms with Gasteiger partial charge < -0.3 is 9.80 Å². The average molecular weight is 881 g/mol. The van der Waals surface area contributed by atoms with Gasteiger partial charge in [0.2, 0.25) is 0 Å². The molecule has 0 heterocycles. The Bertz CT molecular complexity index is 3630. The average Bonchev–Trinajstić information content (AvgIpc) is 3.40. The van der Waals surface area contributed by atoms with Crippen LogP contribution in [0.5, 0.6) is 0 Å². The van der Waals surface area contributed by atoms with Gasteiger partial charge in [0, 0.05) is 39.4 Å². The van der Waals surface area contributed by atoms with E-state index in [-0.39, 0.29) is 17.6 Å². The second-order valence-corrected chi connectivity index (χ2v) is 17.8. The summed E-state index contributed by atoms with van der Waals surface area (Å²) in [6.07, 6.45) is 14.1. The molecule has 1 unspecified atom stereocenters. The van der Waals surface area contributed by atoms with E-state index in [0.717, 1.165) is 107 Å². The first-order valence-corrected chi connectivity index (χ1v) is 23.4. The van der Waals surface area contributed by atoms with Crippen LogP contribution in [0.2, 0.25) is 0 Å². The number of rotatable bonds is 10. The lowest BCUT2D eigenvalue weighted by Gasteiger charge is -2.34. The summed E-state index contributed by atoms with van der Waals surface area (Å²) in [4.78, 5) is 4.48. The van der Waals surface area contributed by atoms with E-state index in [1.165, 1.54) is 23.3 Å². The highest BCUT2D eigenvalue weighted by Gasteiger charge is 2.27. The minimum absolute atomic E-state index is 0.0879. The highest BCUT2D eigenvalue weighted by Crippen LogP contribution is 2.49. The van der Waals surface area contributed by atoms with Gasteiger partial charge >= 0.3 is 0 Å². The molecule has 1 atom stereocenters. The van der Waals surface area contributed by atoms with Crippen LogP contribution in [0.3, 0.4) is 0 Å². The van der Waals surface area contributed by atoms with Crippen molar-refractivity contribution in [2.24, 2.45) is 0 Å². The van der Waals surface area contributed by atoms with E-state index in [2.05, 4.69) is 186 Å². The monoisotopic (exact) mass is 880 g/mol.